The number of ether oxygens (including phenoxy) is 1. The molecule has 0 aromatic heterocycles. The van der Waals surface area contributed by atoms with Crippen LogP contribution in [0.1, 0.15) is 44.2 Å². The molecule has 7 nitrogen and oxygen atoms in total. The molecule has 0 saturated heterocycles. The Kier molecular flexibility index (Phi) is 7.24. The minimum Gasteiger partial charge on any atom is -0.481 e. The largest absolute Gasteiger partial charge is 0.481 e. The first-order valence-electron chi connectivity index (χ1n) is 8.69. The number of halogens is 1. The lowest BCUT2D eigenvalue weighted by atomic mass is 9.95. The second-order valence-corrected chi connectivity index (χ2v) is 6.72. The summed E-state index contributed by atoms with van der Waals surface area (Å²) in [5, 5.41) is 12.0. The normalized spacial score (nSPS) is 16.9. The second kappa shape index (κ2) is 9.41. The molecule has 146 valence electrons. The predicted molar refractivity (Wildman–Crippen MR) is 100 cm³/mol. The summed E-state index contributed by atoms with van der Waals surface area (Å²) >= 11 is 6.05. The third-order valence-electron chi connectivity index (χ3n) is 4.46. The van der Waals surface area contributed by atoms with Gasteiger partial charge in [0, 0.05) is 23.7 Å². The van der Waals surface area contributed by atoms with Crippen LogP contribution in [0, 0.1) is 0 Å². The van der Waals surface area contributed by atoms with Gasteiger partial charge in [0.1, 0.15) is 0 Å². The average molecular weight is 395 g/mol. The minimum atomic E-state index is -0.834. The molecule has 1 aromatic rings. The Hall–Kier alpha value is -2.54. The lowest BCUT2D eigenvalue weighted by molar-refractivity contribution is -0.138. The molecule has 0 radical (unpaired) electrons. The smallest absolute Gasteiger partial charge is 0.337 e. The Morgan fingerprint density at radius 1 is 1.30 bits per heavy atom. The van der Waals surface area contributed by atoms with E-state index in [0.29, 0.717) is 47.7 Å². The SMILES string of the molecule is COC(=O)C1=C(C)N(CCCCCC(=O)O)C(=O)NC1c1cccc(Cl)c1. The highest BCUT2D eigenvalue weighted by atomic mass is 35.5. The fourth-order valence-corrected chi connectivity index (χ4v) is 3.28. The van der Waals surface area contributed by atoms with Gasteiger partial charge in [-0.3, -0.25) is 9.69 Å². The summed E-state index contributed by atoms with van der Waals surface area (Å²) in [6.45, 7) is 2.10. The fourth-order valence-electron chi connectivity index (χ4n) is 3.08. The number of carboxylic acids is 1. The van der Waals surface area contributed by atoms with Gasteiger partial charge in [0.15, 0.2) is 0 Å². The van der Waals surface area contributed by atoms with Gasteiger partial charge >= 0.3 is 18.0 Å². The van der Waals surface area contributed by atoms with Crippen molar-refractivity contribution in [2.75, 3.05) is 13.7 Å². The number of nitrogens with zero attached hydrogens (tertiary/aromatic N) is 1. The maximum atomic E-state index is 12.6. The van der Waals surface area contributed by atoms with Gasteiger partial charge < -0.3 is 15.2 Å². The summed E-state index contributed by atoms with van der Waals surface area (Å²) in [5.41, 5.74) is 1.57. The third-order valence-corrected chi connectivity index (χ3v) is 4.69. The zero-order valence-corrected chi connectivity index (χ0v) is 16.1. The molecular formula is C19H23ClN2O5. The van der Waals surface area contributed by atoms with Crippen LogP contribution in [0.4, 0.5) is 4.79 Å². The summed E-state index contributed by atoms with van der Waals surface area (Å²) in [5.74, 6) is -1.35. The van der Waals surface area contributed by atoms with Crippen molar-refractivity contribution in [2.45, 2.75) is 38.6 Å². The zero-order chi connectivity index (χ0) is 20.0. The van der Waals surface area contributed by atoms with Crippen LogP contribution in [0.3, 0.4) is 0 Å². The van der Waals surface area contributed by atoms with Crippen molar-refractivity contribution in [3.8, 4) is 0 Å². The topological polar surface area (TPSA) is 95.9 Å². The van der Waals surface area contributed by atoms with E-state index in [2.05, 4.69) is 5.32 Å². The molecule has 0 saturated carbocycles. The van der Waals surface area contributed by atoms with Crippen LogP contribution in [0.2, 0.25) is 5.02 Å². The lowest BCUT2D eigenvalue weighted by Crippen LogP contribution is -2.48. The number of benzene rings is 1. The highest BCUT2D eigenvalue weighted by molar-refractivity contribution is 6.30. The number of amides is 2. The number of carbonyl (C=O) groups is 3. The van der Waals surface area contributed by atoms with Crippen molar-refractivity contribution in [3.63, 3.8) is 0 Å². The molecule has 27 heavy (non-hydrogen) atoms. The Labute approximate surface area is 162 Å². The molecule has 0 bridgehead atoms. The number of allylic oxidation sites excluding steroid dienone is 1. The van der Waals surface area contributed by atoms with Gasteiger partial charge in [-0.2, -0.15) is 0 Å². The molecule has 1 aliphatic rings. The van der Waals surface area contributed by atoms with Crippen LogP contribution in [0.5, 0.6) is 0 Å². The summed E-state index contributed by atoms with van der Waals surface area (Å²) in [6, 6.07) is 5.99. The van der Waals surface area contributed by atoms with E-state index in [1.807, 2.05) is 0 Å². The zero-order valence-electron chi connectivity index (χ0n) is 15.3. The van der Waals surface area contributed by atoms with Crippen LogP contribution in [0.25, 0.3) is 0 Å². The van der Waals surface area contributed by atoms with Gasteiger partial charge in [-0.05, 0) is 37.5 Å². The maximum absolute atomic E-state index is 12.6. The molecule has 2 N–H and O–H groups in total. The van der Waals surface area contributed by atoms with Gasteiger partial charge in [-0.15, -0.1) is 0 Å². The third kappa shape index (κ3) is 5.23. The van der Waals surface area contributed by atoms with Gasteiger partial charge in [0.2, 0.25) is 0 Å². The Bertz CT molecular complexity index is 762. The highest BCUT2D eigenvalue weighted by Crippen LogP contribution is 2.32. The lowest BCUT2D eigenvalue weighted by Gasteiger charge is -2.35. The maximum Gasteiger partial charge on any atom is 0.337 e. The van der Waals surface area contributed by atoms with Crippen LogP contribution in [-0.4, -0.2) is 41.6 Å². The molecule has 2 rings (SSSR count). The number of hydrogen-bond acceptors (Lipinski definition) is 4. The van der Waals surface area contributed by atoms with E-state index in [9.17, 15) is 14.4 Å². The Morgan fingerprint density at radius 2 is 2.04 bits per heavy atom. The van der Waals surface area contributed by atoms with E-state index >= 15 is 0 Å². The monoisotopic (exact) mass is 394 g/mol. The molecule has 1 atom stereocenters. The average Bonchev–Trinajstić information content (AvgIpc) is 2.62. The van der Waals surface area contributed by atoms with Crippen molar-refractivity contribution in [1.29, 1.82) is 0 Å². The standard InChI is InChI=1S/C19H23ClN2O5/c1-12-16(18(25)27-2)17(13-7-6-8-14(20)11-13)21-19(26)22(12)10-5-3-4-9-15(23)24/h6-8,11,17H,3-5,9-10H2,1-2H3,(H,21,26)(H,23,24). The second-order valence-electron chi connectivity index (χ2n) is 6.28. The number of nitrogens with one attached hydrogen (secondary N) is 1. The molecule has 1 aliphatic heterocycles. The first-order chi connectivity index (χ1) is 12.8. The van der Waals surface area contributed by atoms with Crippen molar-refractivity contribution >= 4 is 29.6 Å². The molecule has 1 unspecified atom stereocenters. The van der Waals surface area contributed by atoms with Crippen molar-refractivity contribution in [3.05, 3.63) is 46.1 Å². The Morgan fingerprint density at radius 3 is 2.67 bits per heavy atom. The molecule has 1 heterocycles. The van der Waals surface area contributed by atoms with E-state index < -0.39 is 18.0 Å². The molecule has 8 heteroatoms. The number of hydrogen-bond donors (Lipinski definition) is 2. The number of methoxy groups -OCH3 is 1. The minimum absolute atomic E-state index is 0.102. The van der Waals surface area contributed by atoms with Crippen LogP contribution in [-0.2, 0) is 14.3 Å². The summed E-state index contributed by atoms with van der Waals surface area (Å²) in [6.07, 6.45) is 1.96. The molecule has 1 aromatic carbocycles. The number of aliphatic carboxylic acids is 1. The number of urea groups is 1. The quantitative estimate of drug-likeness (QED) is 0.519. The van der Waals surface area contributed by atoms with E-state index in [1.54, 1.807) is 31.2 Å². The molecular weight excluding hydrogens is 372 g/mol. The number of unbranched alkanes of at least 4 members (excludes halogenated alkanes) is 2. The van der Waals surface area contributed by atoms with E-state index in [1.165, 1.54) is 12.0 Å². The van der Waals surface area contributed by atoms with Crippen molar-refractivity contribution in [2.24, 2.45) is 0 Å². The van der Waals surface area contributed by atoms with Crippen LogP contribution >= 0.6 is 11.6 Å². The van der Waals surface area contributed by atoms with Gasteiger partial charge in [0.25, 0.3) is 0 Å². The highest BCUT2D eigenvalue weighted by Gasteiger charge is 2.36. The molecule has 0 aliphatic carbocycles. The first kappa shape index (κ1) is 20.8. The van der Waals surface area contributed by atoms with Gasteiger partial charge in [0.05, 0.1) is 18.7 Å². The summed E-state index contributed by atoms with van der Waals surface area (Å²) in [7, 11) is 1.30. The number of carboxylic acid groups (broad SMARTS) is 1. The van der Waals surface area contributed by atoms with Crippen molar-refractivity contribution < 1.29 is 24.2 Å². The molecule has 0 spiro atoms. The van der Waals surface area contributed by atoms with E-state index in [-0.39, 0.29) is 12.5 Å². The van der Waals surface area contributed by atoms with Gasteiger partial charge in [-0.1, -0.05) is 30.2 Å². The summed E-state index contributed by atoms with van der Waals surface area (Å²) < 4.78 is 4.92. The number of rotatable bonds is 8. The van der Waals surface area contributed by atoms with E-state index in [4.69, 9.17) is 21.4 Å². The van der Waals surface area contributed by atoms with E-state index in [0.717, 1.165) is 0 Å². The van der Waals surface area contributed by atoms with Crippen molar-refractivity contribution in [1.82, 2.24) is 10.2 Å². The Balaban J connectivity index is 2.23. The fraction of sp³-hybridized carbons (Fsp3) is 0.421. The van der Waals surface area contributed by atoms with Crippen LogP contribution in [0.15, 0.2) is 35.5 Å². The summed E-state index contributed by atoms with van der Waals surface area (Å²) in [4.78, 5) is 37.1. The number of carbonyl (C=O) groups excluding carboxylic acids is 2. The first-order valence-corrected chi connectivity index (χ1v) is 9.07. The molecule has 2 amide bonds. The predicted octanol–water partition coefficient (Wildman–Crippen LogP) is 3.50. The number of esters is 1. The van der Waals surface area contributed by atoms with Gasteiger partial charge in [-0.25, -0.2) is 9.59 Å². The molecule has 0 fully saturated rings. The van der Waals surface area contributed by atoms with Crippen LogP contribution < -0.4 is 5.32 Å².